The third-order valence-electron chi connectivity index (χ3n) is 9.33. The van der Waals surface area contributed by atoms with Crippen LogP contribution in [0.15, 0.2) is 60.8 Å². The summed E-state index contributed by atoms with van der Waals surface area (Å²) in [7, 11) is -5.13. The Hall–Kier alpha value is -2.45. The summed E-state index contributed by atoms with van der Waals surface area (Å²) in [6.45, 7) is 3.14. The number of carbonyl (C=O) groups is 2. The topological polar surface area (TPSA) is 210 Å². The Labute approximate surface area is 341 Å². The highest BCUT2D eigenvalue weighted by Crippen LogP contribution is 2.47. The lowest BCUT2D eigenvalue weighted by Crippen LogP contribution is -2.64. The largest absolute Gasteiger partial charge is 0.472 e. The second-order valence-electron chi connectivity index (χ2n) is 14.5. The van der Waals surface area contributed by atoms with Crippen LogP contribution in [-0.4, -0.2) is 98.3 Å². The number of aliphatic hydroxyl groups is 5. The molecule has 1 aliphatic rings. The van der Waals surface area contributed by atoms with Crippen LogP contribution in [0.3, 0.4) is 0 Å². The van der Waals surface area contributed by atoms with Crippen LogP contribution in [0.4, 0.5) is 0 Å². The summed E-state index contributed by atoms with van der Waals surface area (Å²) in [5.41, 5.74) is 0. The standard InChI is InChI=1S/C43H73O13P/c1-3-5-7-9-11-13-15-16-17-18-19-20-22-24-26-28-30-32-37(45)55-35(33-53-36(44)31-29-27-25-23-21-14-12-10-8-6-4-2)34-54-57(51,52)56-43-41(49)39(47)38(46)40(48)42(43)50/h10-13,16-17,19-20,24,26,35,38-43,46-50H,3-9,14-15,18,21-23,25,27-34H2,1-2H3,(H,51,52)/b12-10+,13-11+,17-16+,20-19+,26-24+/t35-,38?,39-,40?,41?,42?,43?/m1/s1. The molecule has 6 unspecified atom stereocenters. The molecular formula is C43H73O13P. The molecule has 0 heterocycles. The smallest absolute Gasteiger partial charge is 0.462 e. The molecule has 0 aromatic carbocycles. The monoisotopic (exact) mass is 828 g/mol. The van der Waals surface area contributed by atoms with Crippen LogP contribution >= 0.6 is 7.82 Å². The first-order chi connectivity index (χ1) is 27.4. The van der Waals surface area contributed by atoms with Crippen LogP contribution < -0.4 is 0 Å². The molecule has 0 saturated heterocycles. The summed E-state index contributed by atoms with van der Waals surface area (Å²) < 4.78 is 33.3. The maximum atomic E-state index is 12.8. The van der Waals surface area contributed by atoms with E-state index in [0.717, 1.165) is 64.2 Å². The summed E-state index contributed by atoms with van der Waals surface area (Å²) in [5, 5.41) is 50.0. The fourth-order valence-electron chi connectivity index (χ4n) is 5.85. The van der Waals surface area contributed by atoms with E-state index in [1.165, 1.54) is 32.1 Å². The minimum Gasteiger partial charge on any atom is -0.462 e. The van der Waals surface area contributed by atoms with Crippen molar-refractivity contribution < 1.29 is 63.1 Å². The minimum atomic E-state index is -5.13. The van der Waals surface area contributed by atoms with E-state index in [-0.39, 0.29) is 12.8 Å². The number of aliphatic hydroxyl groups excluding tert-OH is 5. The molecule has 1 saturated carbocycles. The van der Waals surface area contributed by atoms with Crippen molar-refractivity contribution in [1.82, 2.24) is 0 Å². The fraction of sp³-hybridized carbons (Fsp3) is 0.721. The van der Waals surface area contributed by atoms with Gasteiger partial charge in [-0.2, -0.15) is 0 Å². The predicted octanol–water partition coefficient (Wildman–Crippen LogP) is 7.38. The molecule has 1 aliphatic carbocycles. The summed E-state index contributed by atoms with van der Waals surface area (Å²) in [5.74, 6) is -1.18. The molecule has 0 aromatic heterocycles. The first-order valence-corrected chi connectivity index (χ1v) is 22.6. The van der Waals surface area contributed by atoms with Gasteiger partial charge in [-0.1, -0.05) is 120 Å². The average molecular weight is 829 g/mol. The number of carbonyl (C=O) groups excluding carboxylic acids is 2. The highest BCUT2D eigenvalue weighted by molar-refractivity contribution is 7.47. The third kappa shape index (κ3) is 26.3. The second-order valence-corrected chi connectivity index (χ2v) is 15.9. The van der Waals surface area contributed by atoms with Crippen LogP contribution in [0.5, 0.6) is 0 Å². The zero-order valence-corrected chi connectivity index (χ0v) is 35.3. The van der Waals surface area contributed by atoms with Crippen molar-refractivity contribution in [2.45, 2.75) is 185 Å². The Morgan fingerprint density at radius 2 is 0.982 bits per heavy atom. The van der Waals surface area contributed by atoms with E-state index in [1.54, 1.807) is 0 Å². The van der Waals surface area contributed by atoms with Crippen LogP contribution in [0.25, 0.3) is 0 Å². The number of hydrogen-bond donors (Lipinski definition) is 6. The van der Waals surface area contributed by atoms with E-state index in [0.29, 0.717) is 19.3 Å². The molecule has 0 amide bonds. The van der Waals surface area contributed by atoms with Crippen molar-refractivity contribution in [3.8, 4) is 0 Å². The highest BCUT2D eigenvalue weighted by atomic mass is 31.2. The number of phosphoric acid groups is 1. The summed E-state index contributed by atoms with van der Waals surface area (Å²) >= 11 is 0. The molecule has 1 rings (SSSR count). The van der Waals surface area contributed by atoms with Gasteiger partial charge in [0.2, 0.25) is 0 Å². The number of allylic oxidation sites excluding steroid dienone is 10. The predicted molar refractivity (Wildman–Crippen MR) is 221 cm³/mol. The van der Waals surface area contributed by atoms with Crippen LogP contribution in [0.1, 0.15) is 142 Å². The quantitative estimate of drug-likeness (QED) is 0.0165. The maximum Gasteiger partial charge on any atom is 0.472 e. The molecule has 13 nitrogen and oxygen atoms in total. The van der Waals surface area contributed by atoms with E-state index < -0.39 is 75.7 Å². The molecule has 0 radical (unpaired) electrons. The number of phosphoric ester groups is 1. The normalized spacial score (nSPS) is 23.3. The van der Waals surface area contributed by atoms with Crippen molar-refractivity contribution >= 4 is 19.8 Å². The van der Waals surface area contributed by atoms with Gasteiger partial charge in [0.05, 0.1) is 6.61 Å². The average Bonchev–Trinajstić information content (AvgIpc) is 3.19. The third-order valence-corrected chi connectivity index (χ3v) is 10.3. The zero-order valence-electron chi connectivity index (χ0n) is 34.4. The van der Waals surface area contributed by atoms with Gasteiger partial charge < -0.3 is 39.9 Å². The summed E-state index contributed by atoms with van der Waals surface area (Å²) in [6, 6.07) is 0. The van der Waals surface area contributed by atoms with Gasteiger partial charge in [-0.05, 0) is 70.6 Å². The Balaban J connectivity index is 2.56. The number of rotatable bonds is 33. The minimum absolute atomic E-state index is 0.0167. The van der Waals surface area contributed by atoms with Crippen molar-refractivity contribution in [1.29, 1.82) is 0 Å². The maximum absolute atomic E-state index is 12.8. The zero-order chi connectivity index (χ0) is 42.2. The summed E-state index contributed by atoms with van der Waals surface area (Å²) in [4.78, 5) is 35.5. The van der Waals surface area contributed by atoms with Crippen LogP contribution in [0.2, 0.25) is 0 Å². The van der Waals surface area contributed by atoms with Gasteiger partial charge in [0.15, 0.2) is 6.10 Å². The van der Waals surface area contributed by atoms with Gasteiger partial charge in [0, 0.05) is 12.8 Å². The number of ether oxygens (including phenoxy) is 2. The van der Waals surface area contributed by atoms with Crippen molar-refractivity contribution in [3.63, 3.8) is 0 Å². The van der Waals surface area contributed by atoms with E-state index in [9.17, 15) is 44.6 Å². The molecule has 1 fully saturated rings. The Morgan fingerprint density at radius 1 is 0.544 bits per heavy atom. The van der Waals surface area contributed by atoms with Crippen LogP contribution in [0, 0.1) is 0 Å². The molecule has 328 valence electrons. The van der Waals surface area contributed by atoms with Gasteiger partial charge in [0.1, 0.15) is 43.2 Å². The second kappa shape index (κ2) is 33.4. The van der Waals surface area contributed by atoms with Crippen molar-refractivity contribution in [3.05, 3.63) is 60.8 Å². The van der Waals surface area contributed by atoms with Gasteiger partial charge in [-0.3, -0.25) is 18.6 Å². The number of esters is 2. The van der Waals surface area contributed by atoms with Crippen molar-refractivity contribution in [2.75, 3.05) is 13.2 Å². The van der Waals surface area contributed by atoms with E-state index in [4.69, 9.17) is 18.5 Å². The van der Waals surface area contributed by atoms with E-state index in [2.05, 4.69) is 62.5 Å². The molecule has 14 heteroatoms. The van der Waals surface area contributed by atoms with E-state index >= 15 is 0 Å². The summed E-state index contributed by atoms with van der Waals surface area (Å²) in [6.07, 6.45) is 25.8. The van der Waals surface area contributed by atoms with Gasteiger partial charge in [-0.15, -0.1) is 0 Å². The fourth-order valence-corrected chi connectivity index (χ4v) is 6.82. The number of hydrogen-bond acceptors (Lipinski definition) is 12. The van der Waals surface area contributed by atoms with Crippen LogP contribution in [-0.2, 0) is 32.7 Å². The Morgan fingerprint density at radius 3 is 1.56 bits per heavy atom. The molecule has 0 bridgehead atoms. The molecule has 0 spiro atoms. The molecular weight excluding hydrogens is 755 g/mol. The Kier molecular flexibility index (Phi) is 30.8. The molecule has 0 aromatic rings. The van der Waals surface area contributed by atoms with Gasteiger partial charge >= 0.3 is 19.8 Å². The lowest BCUT2D eigenvalue weighted by Gasteiger charge is -2.41. The first-order valence-electron chi connectivity index (χ1n) is 21.1. The molecule has 57 heavy (non-hydrogen) atoms. The van der Waals surface area contributed by atoms with Gasteiger partial charge in [0.25, 0.3) is 0 Å². The molecule has 6 N–H and O–H groups in total. The molecule has 8 atom stereocenters. The lowest BCUT2D eigenvalue weighted by molar-refractivity contribution is -0.220. The lowest BCUT2D eigenvalue weighted by atomic mass is 9.85. The first kappa shape index (κ1) is 52.6. The molecule has 0 aliphatic heterocycles. The highest BCUT2D eigenvalue weighted by Gasteiger charge is 2.51. The van der Waals surface area contributed by atoms with Gasteiger partial charge in [-0.25, -0.2) is 4.57 Å². The van der Waals surface area contributed by atoms with E-state index in [1.807, 2.05) is 12.2 Å². The Bertz CT molecular complexity index is 1230. The SMILES string of the molecule is CCCC/C=C/CCCCCCCC(=O)OC[C@H](COP(=O)(O)OC1C(O)C(O)C(O)[C@@H](O)C1O)OC(=O)CCC/C=C/C/C=C/C/C=C/C/C=C/CCCCC. The number of unbranched alkanes of at least 4 members (excludes halogenated alkanes) is 11. The van der Waals surface area contributed by atoms with Crippen molar-refractivity contribution in [2.24, 2.45) is 0 Å².